The number of nitrogens with zero attached hydrogens (tertiary/aromatic N) is 1. The van der Waals surface area contributed by atoms with Gasteiger partial charge in [0.1, 0.15) is 5.65 Å². The smallest absolute Gasteiger partial charge is 0.137 e. The Kier molecular flexibility index (Phi) is 2.92. The first kappa shape index (κ1) is 11.5. The van der Waals surface area contributed by atoms with E-state index in [1.165, 1.54) is 16.5 Å². The van der Waals surface area contributed by atoms with Gasteiger partial charge in [0.2, 0.25) is 0 Å². The van der Waals surface area contributed by atoms with Gasteiger partial charge in [-0.3, -0.25) is 0 Å². The van der Waals surface area contributed by atoms with Crippen LogP contribution in [0.15, 0.2) is 53.3 Å². The summed E-state index contributed by atoms with van der Waals surface area (Å²) in [6.45, 7) is 2.22. The second kappa shape index (κ2) is 4.58. The van der Waals surface area contributed by atoms with Crippen molar-refractivity contribution in [2.24, 2.45) is 0 Å². The minimum atomic E-state index is 0.357. The van der Waals surface area contributed by atoms with Crippen molar-refractivity contribution >= 4 is 27.0 Å². The highest BCUT2D eigenvalue weighted by atomic mass is 79.9. The van der Waals surface area contributed by atoms with Crippen LogP contribution in [0.5, 0.6) is 0 Å². The average Bonchev–Trinajstić information content (AvgIpc) is 2.82. The molecular weight excluding hydrogens is 288 g/mol. The maximum atomic E-state index is 4.38. The summed E-state index contributed by atoms with van der Waals surface area (Å²) in [5, 5.41) is 1.18. The lowest BCUT2D eigenvalue weighted by Gasteiger charge is -2.10. The zero-order valence-corrected chi connectivity index (χ0v) is 11.6. The van der Waals surface area contributed by atoms with E-state index >= 15 is 0 Å². The summed E-state index contributed by atoms with van der Waals surface area (Å²) >= 11 is 3.48. The fraction of sp³-hybridized carbons (Fsp3) is 0.133. The number of benzene rings is 1. The van der Waals surface area contributed by atoms with Crippen LogP contribution in [-0.4, -0.2) is 9.97 Å². The zero-order chi connectivity index (χ0) is 12.5. The molecule has 90 valence electrons. The average molecular weight is 301 g/mol. The first-order chi connectivity index (χ1) is 8.75. The quantitative estimate of drug-likeness (QED) is 0.743. The largest absolute Gasteiger partial charge is 0.346 e. The van der Waals surface area contributed by atoms with Crippen molar-refractivity contribution < 1.29 is 0 Å². The van der Waals surface area contributed by atoms with Crippen LogP contribution in [0.3, 0.4) is 0 Å². The minimum Gasteiger partial charge on any atom is -0.346 e. The van der Waals surface area contributed by atoms with Crippen molar-refractivity contribution in [3.8, 4) is 0 Å². The van der Waals surface area contributed by atoms with E-state index in [-0.39, 0.29) is 0 Å². The Hall–Kier alpha value is -1.61. The Morgan fingerprint density at radius 3 is 2.78 bits per heavy atom. The van der Waals surface area contributed by atoms with Crippen molar-refractivity contribution in [3.05, 3.63) is 64.4 Å². The molecule has 3 rings (SSSR count). The Labute approximate surface area is 114 Å². The maximum Gasteiger partial charge on any atom is 0.137 e. The van der Waals surface area contributed by atoms with Gasteiger partial charge in [0, 0.05) is 28.2 Å². The third-order valence-electron chi connectivity index (χ3n) is 3.30. The molecule has 0 bridgehead atoms. The molecule has 0 radical (unpaired) electrons. The molecule has 0 fully saturated rings. The maximum absolute atomic E-state index is 4.38. The SMILES string of the molecule is CC(c1ccccc1)c1c[nH]c2ncc(Br)cc12. The van der Waals surface area contributed by atoms with Crippen LogP contribution >= 0.6 is 15.9 Å². The first-order valence-electron chi connectivity index (χ1n) is 5.93. The third-order valence-corrected chi connectivity index (χ3v) is 3.73. The van der Waals surface area contributed by atoms with Crippen LogP contribution in [0.2, 0.25) is 0 Å². The number of hydrogen-bond donors (Lipinski definition) is 1. The molecule has 0 saturated heterocycles. The number of pyridine rings is 1. The molecule has 18 heavy (non-hydrogen) atoms. The highest BCUT2D eigenvalue weighted by molar-refractivity contribution is 9.10. The van der Waals surface area contributed by atoms with Gasteiger partial charge in [0.05, 0.1) is 0 Å². The molecule has 0 aliphatic heterocycles. The van der Waals surface area contributed by atoms with Gasteiger partial charge in [-0.25, -0.2) is 4.98 Å². The Morgan fingerprint density at radius 1 is 1.22 bits per heavy atom. The number of H-pyrrole nitrogens is 1. The first-order valence-corrected chi connectivity index (χ1v) is 6.72. The van der Waals surface area contributed by atoms with Crippen LogP contribution < -0.4 is 0 Å². The van der Waals surface area contributed by atoms with Crippen molar-refractivity contribution in [1.82, 2.24) is 9.97 Å². The van der Waals surface area contributed by atoms with Gasteiger partial charge in [0.25, 0.3) is 0 Å². The number of aromatic nitrogens is 2. The summed E-state index contributed by atoms with van der Waals surface area (Å²) in [5.41, 5.74) is 3.54. The van der Waals surface area contributed by atoms with Gasteiger partial charge in [-0.1, -0.05) is 37.3 Å². The second-order valence-electron chi connectivity index (χ2n) is 4.43. The summed E-state index contributed by atoms with van der Waals surface area (Å²) < 4.78 is 1.01. The lowest BCUT2D eigenvalue weighted by atomic mass is 9.93. The molecule has 0 amide bonds. The zero-order valence-electron chi connectivity index (χ0n) is 10.0. The topological polar surface area (TPSA) is 28.7 Å². The van der Waals surface area contributed by atoms with Crippen molar-refractivity contribution in [2.45, 2.75) is 12.8 Å². The van der Waals surface area contributed by atoms with Crippen molar-refractivity contribution in [1.29, 1.82) is 0 Å². The molecule has 3 aromatic rings. The molecule has 1 unspecified atom stereocenters. The van der Waals surface area contributed by atoms with Crippen LogP contribution in [0.25, 0.3) is 11.0 Å². The summed E-state index contributed by atoms with van der Waals surface area (Å²) in [6.07, 6.45) is 3.87. The molecule has 3 heteroatoms. The minimum absolute atomic E-state index is 0.357. The Morgan fingerprint density at radius 2 is 2.00 bits per heavy atom. The van der Waals surface area contributed by atoms with E-state index in [1.807, 2.05) is 12.3 Å². The number of hydrogen-bond acceptors (Lipinski definition) is 1. The number of halogens is 1. The normalized spacial score (nSPS) is 12.8. The second-order valence-corrected chi connectivity index (χ2v) is 5.34. The van der Waals surface area contributed by atoms with Gasteiger partial charge in [0.15, 0.2) is 0 Å². The third kappa shape index (κ3) is 1.95. The standard InChI is InChI=1S/C15H13BrN2/c1-10(11-5-3-2-4-6-11)14-9-18-15-13(14)7-12(16)8-17-15/h2-10H,1H3,(H,17,18). The highest BCUT2D eigenvalue weighted by Gasteiger charge is 2.13. The van der Waals surface area contributed by atoms with E-state index in [1.54, 1.807) is 0 Å². The number of fused-ring (bicyclic) bond motifs is 1. The van der Waals surface area contributed by atoms with Crippen molar-refractivity contribution in [3.63, 3.8) is 0 Å². The Balaban J connectivity index is 2.12. The van der Waals surface area contributed by atoms with Crippen LogP contribution in [0.4, 0.5) is 0 Å². The molecule has 1 atom stereocenters. The highest BCUT2D eigenvalue weighted by Crippen LogP contribution is 2.30. The van der Waals surface area contributed by atoms with E-state index in [4.69, 9.17) is 0 Å². The van der Waals surface area contributed by atoms with E-state index in [0.29, 0.717) is 5.92 Å². The molecule has 2 nitrogen and oxygen atoms in total. The number of aromatic amines is 1. The summed E-state index contributed by atoms with van der Waals surface area (Å²) in [4.78, 5) is 7.61. The van der Waals surface area contributed by atoms with Gasteiger partial charge in [-0.2, -0.15) is 0 Å². The fourth-order valence-electron chi connectivity index (χ4n) is 2.28. The summed E-state index contributed by atoms with van der Waals surface area (Å²) in [7, 11) is 0. The van der Waals surface area contributed by atoms with Crippen LogP contribution in [0, 0.1) is 0 Å². The summed E-state index contributed by atoms with van der Waals surface area (Å²) in [6, 6.07) is 12.6. The number of rotatable bonds is 2. The lowest BCUT2D eigenvalue weighted by Crippen LogP contribution is -1.94. The Bertz CT molecular complexity index is 673. The van der Waals surface area contributed by atoms with Crippen LogP contribution in [-0.2, 0) is 0 Å². The van der Waals surface area contributed by atoms with Crippen molar-refractivity contribution in [2.75, 3.05) is 0 Å². The molecule has 0 spiro atoms. The van der Waals surface area contributed by atoms with Gasteiger partial charge in [-0.05, 0) is 33.1 Å². The van der Waals surface area contributed by atoms with Gasteiger partial charge in [-0.15, -0.1) is 0 Å². The van der Waals surface area contributed by atoms with E-state index in [9.17, 15) is 0 Å². The van der Waals surface area contributed by atoms with E-state index in [2.05, 4.69) is 69.4 Å². The molecule has 1 N–H and O–H groups in total. The van der Waals surface area contributed by atoms with Crippen LogP contribution in [0.1, 0.15) is 24.0 Å². The summed E-state index contributed by atoms with van der Waals surface area (Å²) in [5.74, 6) is 0.357. The molecule has 2 heterocycles. The lowest BCUT2D eigenvalue weighted by molar-refractivity contribution is 0.932. The molecule has 0 aliphatic carbocycles. The number of nitrogens with one attached hydrogen (secondary N) is 1. The van der Waals surface area contributed by atoms with E-state index in [0.717, 1.165) is 10.1 Å². The molecule has 0 aliphatic rings. The van der Waals surface area contributed by atoms with E-state index < -0.39 is 0 Å². The predicted molar refractivity (Wildman–Crippen MR) is 77.8 cm³/mol. The van der Waals surface area contributed by atoms with Gasteiger partial charge >= 0.3 is 0 Å². The molecule has 2 aromatic heterocycles. The molecular formula is C15H13BrN2. The predicted octanol–water partition coefficient (Wildman–Crippen LogP) is 4.48. The molecule has 0 saturated carbocycles. The fourth-order valence-corrected chi connectivity index (χ4v) is 2.61. The van der Waals surface area contributed by atoms with Gasteiger partial charge < -0.3 is 4.98 Å². The molecule has 1 aromatic carbocycles. The monoisotopic (exact) mass is 300 g/mol.